The fourth-order valence-corrected chi connectivity index (χ4v) is 3.99. The van der Waals surface area contributed by atoms with E-state index in [2.05, 4.69) is 9.97 Å². The second kappa shape index (κ2) is 7.55. The van der Waals surface area contributed by atoms with Gasteiger partial charge < -0.3 is 14.4 Å². The van der Waals surface area contributed by atoms with E-state index >= 15 is 0 Å². The number of oxazole rings is 1. The van der Waals surface area contributed by atoms with Crippen LogP contribution in [0.5, 0.6) is 0 Å². The number of carboxylic acid groups (broad SMARTS) is 1. The molecule has 8 heteroatoms. The average molecular weight is 397 g/mol. The highest BCUT2D eigenvalue weighted by Crippen LogP contribution is 2.30. The lowest BCUT2D eigenvalue weighted by Crippen LogP contribution is -2.43. The van der Waals surface area contributed by atoms with Crippen molar-refractivity contribution in [3.8, 4) is 11.5 Å². The molecule has 0 aliphatic heterocycles. The first-order valence-corrected chi connectivity index (χ1v) is 9.89. The number of aromatic carboxylic acids is 1. The van der Waals surface area contributed by atoms with Crippen molar-refractivity contribution in [2.24, 2.45) is 0 Å². The number of hydrogen-bond acceptors (Lipinski definition) is 6. The van der Waals surface area contributed by atoms with Gasteiger partial charge in [0.25, 0.3) is 5.91 Å². The molecule has 2 heterocycles. The van der Waals surface area contributed by atoms with Gasteiger partial charge in [-0.15, -0.1) is 11.3 Å². The van der Waals surface area contributed by atoms with Crippen LogP contribution in [0.3, 0.4) is 0 Å². The smallest absolute Gasteiger partial charge is 0.335 e. The molecule has 1 aromatic carbocycles. The summed E-state index contributed by atoms with van der Waals surface area (Å²) in [5.41, 5.74) is 1.73. The molecule has 7 nitrogen and oxygen atoms in total. The van der Waals surface area contributed by atoms with E-state index in [0.29, 0.717) is 17.7 Å². The Bertz CT molecular complexity index is 1010. The number of hydrogen-bond donors (Lipinski definition) is 1. The molecule has 0 spiro atoms. The van der Waals surface area contributed by atoms with Gasteiger partial charge in [0.1, 0.15) is 11.3 Å². The maximum atomic E-state index is 13.3. The molecule has 2 aromatic heterocycles. The van der Waals surface area contributed by atoms with Crippen LogP contribution in [0.25, 0.3) is 11.5 Å². The summed E-state index contributed by atoms with van der Waals surface area (Å²) in [5, 5.41) is 12.3. The predicted molar refractivity (Wildman–Crippen MR) is 103 cm³/mol. The first-order valence-electron chi connectivity index (χ1n) is 9.01. The summed E-state index contributed by atoms with van der Waals surface area (Å²) in [6.45, 7) is 2.35. The van der Waals surface area contributed by atoms with Gasteiger partial charge in [0.2, 0.25) is 5.89 Å². The molecule has 144 valence electrons. The fraction of sp³-hybridized carbons (Fsp3) is 0.300. The van der Waals surface area contributed by atoms with Gasteiger partial charge in [0.05, 0.1) is 18.3 Å². The van der Waals surface area contributed by atoms with Gasteiger partial charge in [-0.25, -0.2) is 14.8 Å². The number of nitrogens with zero attached hydrogens (tertiary/aromatic N) is 3. The predicted octanol–water partition coefficient (Wildman–Crippen LogP) is 4.00. The van der Waals surface area contributed by atoms with Crippen LogP contribution in [-0.4, -0.2) is 37.9 Å². The lowest BCUT2D eigenvalue weighted by molar-refractivity contribution is 0.0556. The summed E-state index contributed by atoms with van der Waals surface area (Å²) in [6.07, 6.45) is 5.87. The zero-order chi connectivity index (χ0) is 19.7. The molecule has 1 N–H and O–H groups in total. The molecule has 0 atom stereocenters. The van der Waals surface area contributed by atoms with Gasteiger partial charge in [-0.2, -0.15) is 0 Å². The summed E-state index contributed by atoms with van der Waals surface area (Å²) in [7, 11) is 0. The van der Waals surface area contributed by atoms with Gasteiger partial charge in [-0.05, 0) is 44.4 Å². The van der Waals surface area contributed by atoms with E-state index in [1.807, 2.05) is 17.2 Å². The van der Waals surface area contributed by atoms with Crippen LogP contribution in [0.2, 0.25) is 0 Å². The third kappa shape index (κ3) is 3.68. The maximum Gasteiger partial charge on any atom is 0.335 e. The zero-order valence-corrected chi connectivity index (χ0v) is 16.1. The van der Waals surface area contributed by atoms with Crippen LogP contribution in [0, 0.1) is 6.92 Å². The van der Waals surface area contributed by atoms with Crippen LogP contribution in [0.15, 0.2) is 40.5 Å². The van der Waals surface area contributed by atoms with Crippen LogP contribution >= 0.6 is 11.3 Å². The molecule has 1 aliphatic rings. The zero-order valence-electron chi connectivity index (χ0n) is 15.3. The van der Waals surface area contributed by atoms with Crippen LogP contribution < -0.4 is 0 Å². The van der Waals surface area contributed by atoms with E-state index in [1.165, 1.54) is 35.9 Å². The van der Waals surface area contributed by atoms with E-state index in [1.54, 1.807) is 6.07 Å². The summed E-state index contributed by atoms with van der Waals surface area (Å²) < 4.78 is 5.29. The highest BCUT2D eigenvalue weighted by molar-refractivity contribution is 7.09. The molecule has 0 bridgehead atoms. The summed E-state index contributed by atoms with van der Waals surface area (Å²) >= 11 is 1.53. The Morgan fingerprint density at radius 2 is 2.07 bits per heavy atom. The van der Waals surface area contributed by atoms with E-state index in [9.17, 15) is 14.7 Å². The molecule has 4 rings (SSSR count). The lowest BCUT2D eigenvalue weighted by atomic mass is 9.90. The van der Waals surface area contributed by atoms with Gasteiger partial charge >= 0.3 is 5.97 Å². The number of amides is 1. The summed E-state index contributed by atoms with van der Waals surface area (Å²) in [4.78, 5) is 35.3. The van der Waals surface area contributed by atoms with Crippen molar-refractivity contribution in [1.82, 2.24) is 14.9 Å². The number of aryl methyl sites for hydroxylation is 1. The van der Waals surface area contributed by atoms with Crippen molar-refractivity contribution in [1.29, 1.82) is 0 Å². The lowest BCUT2D eigenvalue weighted by Gasteiger charge is -2.37. The Kier molecular flexibility index (Phi) is 4.95. The first-order chi connectivity index (χ1) is 13.5. The number of aromatic nitrogens is 2. The van der Waals surface area contributed by atoms with Gasteiger partial charge in [-0.1, -0.05) is 0 Å². The number of rotatable bonds is 6. The Morgan fingerprint density at radius 1 is 1.29 bits per heavy atom. The molecule has 1 amide bonds. The number of thiazole rings is 1. The minimum atomic E-state index is -1.10. The number of carbonyl (C=O) groups is 2. The monoisotopic (exact) mass is 397 g/mol. The third-order valence-corrected chi connectivity index (χ3v) is 5.81. The van der Waals surface area contributed by atoms with Crippen molar-refractivity contribution in [2.75, 3.05) is 0 Å². The van der Waals surface area contributed by atoms with Crippen molar-refractivity contribution >= 4 is 23.2 Å². The standard InChI is InChI=1S/C20H19N3O4S/c1-12-11-28-17(22-12)10-23(16-3-2-4-16)19(24)14-7-13(18-21-5-6-27-18)8-15(9-14)20(25)26/h5-9,11,16H,2-4,10H2,1H3,(H,25,26). The van der Waals surface area contributed by atoms with Crippen molar-refractivity contribution < 1.29 is 19.1 Å². The fourth-order valence-electron chi connectivity index (χ4n) is 3.22. The number of benzene rings is 1. The van der Waals surface area contributed by atoms with Crippen molar-refractivity contribution in [3.63, 3.8) is 0 Å². The molecule has 1 saturated carbocycles. The number of carboxylic acids is 1. The SMILES string of the molecule is Cc1csc(CN(C(=O)c2cc(C(=O)O)cc(-c3ncco3)c2)C2CCC2)n1. The third-order valence-electron chi connectivity index (χ3n) is 4.85. The maximum absolute atomic E-state index is 13.3. The topological polar surface area (TPSA) is 96.5 Å². The second-order valence-electron chi connectivity index (χ2n) is 6.84. The van der Waals surface area contributed by atoms with E-state index in [4.69, 9.17) is 4.42 Å². The molecule has 0 saturated heterocycles. The highest BCUT2D eigenvalue weighted by atomic mass is 32.1. The van der Waals surface area contributed by atoms with Crippen LogP contribution in [0.4, 0.5) is 0 Å². The Hall–Kier alpha value is -3.00. The highest BCUT2D eigenvalue weighted by Gasteiger charge is 2.31. The van der Waals surface area contributed by atoms with Crippen molar-refractivity contribution in [2.45, 2.75) is 38.8 Å². The van der Waals surface area contributed by atoms with Gasteiger partial charge in [0, 0.05) is 28.2 Å². The van der Waals surface area contributed by atoms with Crippen LogP contribution in [-0.2, 0) is 6.54 Å². The molecule has 3 aromatic rings. The van der Waals surface area contributed by atoms with E-state index in [0.717, 1.165) is 30.0 Å². The normalized spacial score (nSPS) is 13.9. The molecule has 1 aliphatic carbocycles. The minimum absolute atomic E-state index is 0.0257. The van der Waals surface area contributed by atoms with Gasteiger partial charge in [0.15, 0.2) is 0 Å². The minimum Gasteiger partial charge on any atom is -0.478 e. The summed E-state index contributed by atoms with van der Waals surface area (Å²) in [6, 6.07) is 4.66. The molecule has 0 radical (unpaired) electrons. The Balaban J connectivity index is 1.70. The largest absolute Gasteiger partial charge is 0.478 e. The Labute approximate surface area is 165 Å². The molecule has 28 heavy (non-hydrogen) atoms. The quantitative estimate of drug-likeness (QED) is 0.675. The van der Waals surface area contributed by atoms with Gasteiger partial charge in [-0.3, -0.25) is 4.79 Å². The van der Waals surface area contributed by atoms with Crippen LogP contribution in [0.1, 0.15) is 50.7 Å². The first kappa shape index (κ1) is 18.4. The van der Waals surface area contributed by atoms with E-state index in [-0.39, 0.29) is 23.4 Å². The Morgan fingerprint density at radius 3 is 2.64 bits per heavy atom. The molecule has 0 unspecified atom stereocenters. The van der Waals surface area contributed by atoms with E-state index < -0.39 is 5.97 Å². The summed E-state index contributed by atoms with van der Waals surface area (Å²) in [5.74, 6) is -1.02. The molecular weight excluding hydrogens is 378 g/mol. The second-order valence-corrected chi connectivity index (χ2v) is 7.78. The number of carbonyl (C=O) groups excluding carboxylic acids is 1. The average Bonchev–Trinajstić information content (AvgIpc) is 3.30. The van der Waals surface area contributed by atoms with Crippen molar-refractivity contribution in [3.05, 3.63) is 57.9 Å². The molecular formula is C20H19N3O4S. The molecule has 1 fully saturated rings.